The number of rotatable bonds is 5. The number of carbonyl (C=O) groups is 1. The zero-order valence-electron chi connectivity index (χ0n) is 10.8. The predicted molar refractivity (Wildman–Crippen MR) is 70.1 cm³/mol. The summed E-state index contributed by atoms with van der Waals surface area (Å²) >= 11 is 0. The van der Waals surface area contributed by atoms with Gasteiger partial charge < -0.3 is 15.8 Å². The number of nitrogens with one attached hydrogen (secondary N) is 1. The van der Waals surface area contributed by atoms with Crippen LogP contribution in [-0.4, -0.2) is 31.2 Å². The van der Waals surface area contributed by atoms with Crippen molar-refractivity contribution in [2.45, 2.75) is 31.5 Å². The fourth-order valence-corrected chi connectivity index (χ4v) is 2.17. The molecule has 1 aromatic carbocycles. The van der Waals surface area contributed by atoms with Gasteiger partial charge in [0.05, 0.1) is 6.10 Å². The van der Waals surface area contributed by atoms with E-state index in [4.69, 9.17) is 10.5 Å². The molecule has 1 heterocycles. The zero-order chi connectivity index (χ0) is 13.7. The lowest BCUT2D eigenvalue weighted by atomic mass is 10.1. The van der Waals surface area contributed by atoms with Crippen LogP contribution in [0.2, 0.25) is 0 Å². The first-order chi connectivity index (χ1) is 9.19. The highest BCUT2D eigenvalue weighted by atomic mass is 19.1. The second-order valence-electron chi connectivity index (χ2n) is 4.73. The quantitative estimate of drug-likeness (QED) is 0.835. The smallest absolute Gasteiger partial charge is 0.249 e. The lowest BCUT2D eigenvalue weighted by Gasteiger charge is -2.12. The lowest BCUT2D eigenvalue weighted by molar-refractivity contribution is -0.131. The van der Waals surface area contributed by atoms with E-state index in [0.29, 0.717) is 19.5 Å². The van der Waals surface area contributed by atoms with E-state index in [1.807, 2.05) is 0 Å². The molecule has 104 valence electrons. The number of benzene rings is 1. The van der Waals surface area contributed by atoms with Gasteiger partial charge in [0, 0.05) is 13.1 Å². The number of ether oxygens (including phenoxy) is 1. The summed E-state index contributed by atoms with van der Waals surface area (Å²) in [6.45, 7) is 0.983. The minimum atomic E-state index is -0.373. The van der Waals surface area contributed by atoms with Crippen LogP contribution < -0.4 is 11.1 Å². The Hall–Kier alpha value is -1.46. The summed E-state index contributed by atoms with van der Waals surface area (Å²) in [5, 5.41) is 2.83. The summed E-state index contributed by atoms with van der Waals surface area (Å²) in [4.78, 5) is 11.8. The highest BCUT2D eigenvalue weighted by molar-refractivity contribution is 5.81. The minimum absolute atomic E-state index is 0.00727. The molecule has 2 unspecified atom stereocenters. The molecule has 0 spiro atoms. The highest BCUT2D eigenvalue weighted by Crippen LogP contribution is 2.18. The van der Waals surface area contributed by atoms with Gasteiger partial charge >= 0.3 is 0 Å². The van der Waals surface area contributed by atoms with E-state index in [2.05, 4.69) is 5.32 Å². The van der Waals surface area contributed by atoms with Crippen molar-refractivity contribution in [1.29, 1.82) is 0 Å². The second-order valence-corrected chi connectivity index (χ2v) is 4.73. The largest absolute Gasteiger partial charge is 0.364 e. The number of carbonyl (C=O) groups excluding carboxylic acids is 1. The molecule has 1 aromatic rings. The lowest BCUT2D eigenvalue weighted by Crippen LogP contribution is -2.36. The van der Waals surface area contributed by atoms with Crippen molar-refractivity contribution in [3.05, 3.63) is 35.6 Å². The van der Waals surface area contributed by atoms with Crippen LogP contribution in [0.15, 0.2) is 24.3 Å². The van der Waals surface area contributed by atoms with Gasteiger partial charge in [-0.2, -0.15) is 0 Å². The summed E-state index contributed by atoms with van der Waals surface area (Å²) in [6.07, 6.45) is 1.88. The van der Waals surface area contributed by atoms with Gasteiger partial charge in [-0.3, -0.25) is 4.79 Å². The highest BCUT2D eigenvalue weighted by Gasteiger charge is 2.29. The summed E-state index contributed by atoms with van der Waals surface area (Å²) in [6, 6.07) is 6.28. The van der Waals surface area contributed by atoms with E-state index < -0.39 is 0 Å². The summed E-state index contributed by atoms with van der Waals surface area (Å²) in [5.41, 5.74) is 6.49. The Morgan fingerprint density at radius 3 is 2.74 bits per heavy atom. The van der Waals surface area contributed by atoms with Gasteiger partial charge in [0.15, 0.2) is 0 Å². The molecule has 1 amide bonds. The Morgan fingerprint density at radius 2 is 2.11 bits per heavy atom. The van der Waals surface area contributed by atoms with E-state index >= 15 is 0 Å². The molecule has 0 bridgehead atoms. The normalized spacial score (nSPS) is 22.4. The molecule has 3 N–H and O–H groups in total. The Kier molecular flexibility index (Phi) is 4.87. The van der Waals surface area contributed by atoms with Crippen LogP contribution in [0.1, 0.15) is 18.4 Å². The van der Waals surface area contributed by atoms with Crippen molar-refractivity contribution in [2.24, 2.45) is 5.73 Å². The van der Waals surface area contributed by atoms with Crippen LogP contribution >= 0.6 is 0 Å². The fourth-order valence-electron chi connectivity index (χ4n) is 2.17. The standard InChI is InChI=1S/C14H19FN2O2/c15-11-3-1-10(2-4-11)7-8-17-14(18)13-6-5-12(9-16)19-13/h1-4,12-13H,5-9,16H2,(H,17,18). The van der Waals surface area contributed by atoms with E-state index in [-0.39, 0.29) is 23.9 Å². The molecular weight excluding hydrogens is 247 g/mol. The van der Waals surface area contributed by atoms with E-state index in [0.717, 1.165) is 18.4 Å². The van der Waals surface area contributed by atoms with Crippen LogP contribution in [0.5, 0.6) is 0 Å². The van der Waals surface area contributed by atoms with Crippen molar-refractivity contribution in [1.82, 2.24) is 5.32 Å². The molecule has 0 aromatic heterocycles. The molecule has 0 aliphatic carbocycles. The van der Waals surface area contributed by atoms with Gasteiger partial charge in [-0.15, -0.1) is 0 Å². The number of hydrogen-bond donors (Lipinski definition) is 2. The first-order valence-electron chi connectivity index (χ1n) is 6.56. The van der Waals surface area contributed by atoms with E-state index in [1.54, 1.807) is 12.1 Å². The van der Waals surface area contributed by atoms with Gasteiger partial charge in [0.1, 0.15) is 11.9 Å². The number of amides is 1. The first kappa shape index (κ1) is 14.0. The monoisotopic (exact) mass is 266 g/mol. The van der Waals surface area contributed by atoms with Crippen LogP contribution in [0.25, 0.3) is 0 Å². The maximum Gasteiger partial charge on any atom is 0.249 e. The van der Waals surface area contributed by atoms with Crippen molar-refractivity contribution in [3.8, 4) is 0 Å². The van der Waals surface area contributed by atoms with Crippen molar-refractivity contribution in [3.63, 3.8) is 0 Å². The summed E-state index contributed by atoms with van der Waals surface area (Å²) < 4.78 is 18.2. The minimum Gasteiger partial charge on any atom is -0.364 e. The Bertz CT molecular complexity index is 422. The summed E-state index contributed by atoms with van der Waals surface area (Å²) in [5.74, 6) is -0.335. The summed E-state index contributed by atoms with van der Waals surface area (Å²) in [7, 11) is 0. The van der Waals surface area contributed by atoms with Crippen LogP contribution in [0.4, 0.5) is 4.39 Å². The van der Waals surface area contributed by atoms with Crippen molar-refractivity contribution < 1.29 is 13.9 Å². The Balaban J connectivity index is 1.71. The zero-order valence-corrected chi connectivity index (χ0v) is 10.8. The fraction of sp³-hybridized carbons (Fsp3) is 0.500. The maximum atomic E-state index is 12.7. The maximum absolute atomic E-state index is 12.7. The number of nitrogens with two attached hydrogens (primary N) is 1. The third-order valence-electron chi connectivity index (χ3n) is 3.29. The predicted octanol–water partition coefficient (Wildman–Crippen LogP) is 0.991. The Labute approximate surface area is 112 Å². The van der Waals surface area contributed by atoms with E-state index in [1.165, 1.54) is 12.1 Å². The molecule has 2 atom stereocenters. The second kappa shape index (κ2) is 6.63. The molecule has 5 heteroatoms. The molecule has 19 heavy (non-hydrogen) atoms. The average Bonchev–Trinajstić information content (AvgIpc) is 2.90. The third kappa shape index (κ3) is 4.01. The molecule has 0 radical (unpaired) electrons. The van der Waals surface area contributed by atoms with Crippen molar-refractivity contribution >= 4 is 5.91 Å². The van der Waals surface area contributed by atoms with Gasteiger partial charge in [-0.1, -0.05) is 12.1 Å². The molecule has 1 saturated heterocycles. The number of halogens is 1. The van der Waals surface area contributed by atoms with Crippen molar-refractivity contribution in [2.75, 3.05) is 13.1 Å². The topological polar surface area (TPSA) is 64.4 Å². The molecule has 2 rings (SSSR count). The average molecular weight is 266 g/mol. The third-order valence-corrected chi connectivity index (χ3v) is 3.29. The van der Waals surface area contributed by atoms with Gasteiger partial charge in [-0.05, 0) is 37.0 Å². The number of hydrogen-bond acceptors (Lipinski definition) is 3. The molecule has 1 aliphatic rings. The first-order valence-corrected chi connectivity index (χ1v) is 6.56. The van der Waals surface area contributed by atoms with E-state index in [9.17, 15) is 9.18 Å². The Morgan fingerprint density at radius 1 is 1.37 bits per heavy atom. The molecule has 4 nitrogen and oxygen atoms in total. The van der Waals surface area contributed by atoms with Gasteiger partial charge in [-0.25, -0.2) is 4.39 Å². The molecule has 1 aliphatic heterocycles. The van der Waals surface area contributed by atoms with Gasteiger partial charge in [0.25, 0.3) is 0 Å². The molecular formula is C14H19FN2O2. The SMILES string of the molecule is NCC1CCC(C(=O)NCCc2ccc(F)cc2)O1. The van der Waals surface area contributed by atoms with Gasteiger partial charge in [0.2, 0.25) is 5.91 Å². The molecule has 1 fully saturated rings. The van der Waals surface area contributed by atoms with Crippen LogP contribution in [0.3, 0.4) is 0 Å². The van der Waals surface area contributed by atoms with Crippen LogP contribution in [-0.2, 0) is 16.0 Å². The van der Waals surface area contributed by atoms with Crippen LogP contribution in [0, 0.1) is 5.82 Å². The molecule has 0 saturated carbocycles.